The topological polar surface area (TPSA) is 49.8 Å². The van der Waals surface area contributed by atoms with E-state index in [-0.39, 0.29) is 0 Å². The van der Waals surface area contributed by atoms with Crippen molar-refractivity contribution in [1.29, 1.82) is 5.26 Å². The number of allylic oxidation sites excluding steroid dienone is 1. The van der Waals surface area contributed by atoms with Gasteiger partial charge in [0, 0.05) is 6.92 Å². The molecule has 2 N–H and O–H groups in total. The highest BCUT2D eigenvalue weighted by Gasteiger charge is 2.77. The Morgan fingerprint density at radius 1 is 1.11 bits per heavy atom. The van der Waals surface area contributed by atoms with E-state index in [1.54, 1.807) is 0 Å². The third-order valence-corrected chi connectivity index (χ3v) is 2.46. The van der Waals surface area contributed by atoms with E-state index in [4.69, 9.17) is 5.26 Å². The first-order valence-electron chi connectivity index (χ1n) is 4.61. The maximum Gasteiger partial charge on any atom is 0.446 e. The van der Waals surface area contributed by atoms with E-state index in [9.17, 15) is 26.3 Å². The highest BCUT2D eigenvalue weighted by Crippen LogP contribution is 2.45. The molecule has 0 spiro atoms. The van der Waals surface area contributed by atoms with Gasteiger partial charge in [-0.25, -0.2) is 5.32 Å². The molecule has 0 saturated carbocycles. The van der Waals surface area contributed by atoms with Crippen molar-refractivity contribution in [2.75, 3.05) is 0 Å². The second-order valence-electron chi connectivity index (χ2n) is 3.73. The predicted molar refractivity (Wildman–Crippen MR) is 47.9 cm³/mol. The van der Waals surface area contributed by atoms with Gasteiger partial charge in [0.1, 0.15) is 17.3 Å². The maximum absolute atomic E-state index is 12.9. The molecule has 0 atom stereocenters. The number of hydrogen-bond acceptors (Lipinski definition) is 2. The van der Waals surface area contributed by atoms with Gasteiger partial charge >= 0.3 is 17.9 Å². The summed E-state index contributed by atoms with van der Waals surface area (Å²) in [5.74, 6) is -0.429. The summed E-state index contributed by atoms with van der Waals surface area (Å²) < 4.78 is 77.2. The lowest BCUT2D eigenvalue weighted by Gasteiger charge is -2.33. The van der Waals surface area contributed by atoms with Gasteiger partial charge in [-0.05, 0) is 6.92 Å². The summed E-state index contributed by atoms with van der Waals surface area (Å²) in [5, 5.41) is 10.9. The SMILES string of the molecule is CC1=[NH+]C(C(F)(F)F)(C(F)(F)F)C(C#N)=C(C)N1. The smallest absolute Gasteiger partial charge is 0.252 e. The van der Waals surface area contributed by atoms with Crippen molar-refractivity contribution < 1.29 is 31.3 Å². The molecule has 0 amide bonds. The van der Waals surface area contributed by atoms with Crippen molar-refractivity contribution in [3.05, 3.63) is 11.3 Å². The van der Waals surface area contributed by atoms with E-state index in [1.165, 1.54) is 4.99 Å². The van der Waals surface area contributed by atoms with Crippen molar-refractivity contribution in [1.82, 2.24) is 5.32 Å². The highest BCUT2D eigenvalue weighted by atomic mass is 19.4. The molecule has 0 fully saturated rings. The number of nitrogens with one attached hydrogen (secondary N) is 2. The van der Waals surface area contributed by atoms with Crippen LogP contribution in [0.3, 0.4) is 0 Å². The number of alkyl halides is 6. The average molecular weight is 272 g/mol. The summed E-state index contributed by atoms with van der Waals surface area (Å²) in [7, 11) is 0. The van der Waals surface area contributed by atoms with Gasteiger partial charge in [-0.2, -0.15) is 31.6 Å². The van der Waals surface area contributed by atoms with Gasteiger partial charge in [-0.15, -0.1) is 0 Å². The summed E-state index contributed by atoms with van der Waals surface area (Å²) in [4.78, 5) is 1.32. The molecule has 0 aromatic rings. The number of nitriles is 1. The number of halogens is 6. The van der Waals surface area contributed by atoms with Gasteiger partial charge in [0.2, 0.25) is 5.84 Å². The normalized spacial score (nSPS) is 20.1. The van der Waals surface area contributed by atoms with Crippen LogP contribution < -0.4 is 10.3 Å². The van der Waals surface area contributed by atoms with Crippen LogP contribution in [0.1, 0.15) is 13.8 Å². The molecule has 100 valence electrons. The van der Waals surface area contributed by atoms with Gasteiger partial charge in [0.05, 0.1) is 0 Å². The molecule has 3 nitrogen and oxygen atoms in total. The summed E-state index contributed by atoms with van der Waals surface area (Å²) in [6.07, 6.45) is -11.4. The Morgan fingerprint density at radius 2 is 1.56 bits per heavy atom. The van der Waals surface area contributed by atoms with E-state index in [0.717, 1.165) is 19.9 Å². The molecular weight excluding hydrogens is 264 g/mol. The first-order valence-corrected chi connectivity index (χ1v) is 4.61. The van der Waals surface area contributed by atoms with Crippen LogP contribution in [-0.2, 0) is 0 Å². The van der Waals surface area contributed by atoms with Crippen LogP contribution in [0.25, 0.3) is 0 Å². The Morgan fingerprint density at radius 3 is 1.89 bits per heavy atom. The van der Waals surface area contributed by atoms with Gasteiger partial charge in [-0.1, -0.05) is 0 Å². The van der Waals surface area contributed by atoms with Crippen molar-refractivity contribution in [3.63, 3.8) is 0 Å². The minimum atomic E-state index is -5.69. The summed E-state index contributed by atoms with van der Waals surface area (Å²) in [6, 6.07) is 0.980. The molecule has 1 heterocycles. The lowest BCUT2D eigenvalue weighted by Crippen LogP contribution is -2.99. The fourth-order valence-electron chi connectivity index (χ4n) is 1.75. The van der Waals surface area contributed by atoms with E-state index in [1.807, 2.05) is 0 Å². The zero-order valence-corrected chi connectivity index (χ0v) is 9.22. The largest absolute Gasteiger partial charge is 0.446 e. The molecule has 1 rings (SSSR count). The lowest BCUT2D eigenvalue weighted by atomic mass is 9.86. The van der Waals surface area contributed by atoms with Gasteiger partial charge in [-0.3, -0.25) is 4.99 Å². The van der Waals surface area contributed by atoms with Crippen molar-refractivity contribution >= 4 is 5.84 Å². The molecule has 0 aromatic carbocycles. The van der Waals surface area contributed by atoms with E-state index >= 15 is 0 Å². The monoisotopic (exact) mass is 272 g/mol. The van der Waals surface area contributed by atoms with Crippen LogP contribution >= 0.6 is 0 Å². The summed E-state index contributed by atoms with van der Waals surface area (Å²) >= 11 is 0. The minimum absolute atomic E-state index is 0.429. The molecule has 0 bridgehead atoms. The van der Waals surface area contributed by atoms with Crippen molar-refractivity contribution in [2.45, 2.75) is 31.7 Å². The zero-order chi connectivity index (χ0) is 14.4. The van der Waals surface area contributed by atoms with Crippen LogP contribution in [0, 0.1) is 11.3 Å². The van der Waals surface area contributed by atoms with Crippen LogP contribution in [0.4, 0.5) is 26.3 Å². The predicted octanol–water partition coefficient (Wildman–Crippen LogP) is 0.750. The number of rotatable bonds is 0. The molecule has 1 aliphatic rings. The number of nitrogens with zero attached hydrogens (tertiary/aromatic N) is 1. The quantitative estimate of drug-likeness (QED) is 0.639. The van der Waals surface area contributed by atoms with Crippen LogP contribution in [0.5, 0.6) is 0 Å². The molecule has 0 radical (unpaired) electrons. The van der Waals surface area contributed by atoms with Crippen LogP contribution in [0.15, 0.2) is 11.3 Å². The Balaban J connectivity index is 3.71. The first kappa shape index (κ1) is 14.3. The van der Waals surface area contributed by atoms with Gasteiger partial charge in [0.15, 0.2) is 0 Å². The maximum atomic E-state index is 12.9. The van der Waals surface area contributed by atoms with E-state index in [2.05, 4.69) is 5.32 Å². The third-order valence-electron chi connectivity index (χ3n) is 2.46. The highest BCUT2D eigenvalue weighted by molar-refractivity contribution is 5.77. The Labute approximate surface area is 97.8 Å². The zero-order valence-electron chi connectivity index (χ0n) is 9.22. The van der Waals surface area contributed by atoms with Gasteiger partial charge < -0.3 is 0 Å². The number of amidine groups is 1. The Kier molecular flexibility index (Phi) is 3.10. The summed E-state index contributed by atoms with van der Waals surface area (Å²) in [5.41, 5.74) is -6.29. The molecule has 1 aliphatic heterocycles. The molecule has 0 unspecified atom stereocenters. The fourth-order valence-corrected chi connectivity index (χ4v) is 1.75. The third kappa shape index (κ3) is 1.81. The molecule has 0 saturated heterocycles. The minimum Gasteiger partial charge on any atom is -0.252 e. The summed E-state index contributed by atoms with van der Waals surface area (Å²) in [6.45, 7) is 2.00. The Hall–Kier alpha value is -1.72. The fraction of sp³-hybridized carbons (Fsp3) is 0.556. The molecule has 0 aliphatic carbocycles. The molecule has 0 aromatic heterocycles. The van der Waals surface area contributed by atoms with E-state index < -0.39 is 35.0 Å². The van der Waals surface area contributed by atoms with Crippen LogP contribution in [-0.4, -0.2) is 23.7 Å². The lowest BCUT2D eigenvalue weighted by molar-refractivity contribution is -0.634. The van der Waals surface area contributed by atoms with Crippen molar-refractivity contribution in [3.8, 4) is 6.07 Å². The Bertz CT molecular complexity index is 448. The van der Waals surface area contributed by atoms with Gasteiger partial charge in [0.25, 0.3) is 0 Å². The van der Waals surface area contributed by atoms with Crippen molar-refractivity contribution in [2.24, 2.45) is 0 Å². The van der Waals surface area contributed by atoms with E-state index in [0.29, 0.717) is 0 Å². The molecular formula is C9H8F6N3+. The number of hydrogen-bond donors (Lipinski definition) is 2. The second-order valence-corrected chi connectivity index (χ2v) is 3.73. The standard InChI is InChI=1S/C9H7F6N3/c1-4-6(3-16)7(8(10,11)12,9(13,14)15)18-5(2)17-4/h1-2H3,(H,17,18)/p+1. The first-order chi connectivity index (χ1) is 7.97. The second kappa shape index (κ2) is 3.90. The average Bonchev–Trinajstić information content (AvgIpc) is 2.12. The molecule has 9 heteroatoms. The van der Waals surface area contributed by atoms with Crippen LogP contribution in [0.2, 0.25) is 0 Å². The molecule has 18 heavy (non-hydrogen) atoms.